The van der Waals surface area contributed by atoms with Crippen LogP contribution in [0.15, 0.2) is 47.0 Å². The van der Waals surface area contributed by atoms with Crippen LogP contribution in [0.1, 0.15) is 45.2 Å². The van der Waals surface area contributed by atoms with Gasteiger partial charge in [-0.05, 0) is 49.9 Å². The van der Waals surface area contributed by atoms with Crippen molar-refractivity contribution in [3.8, 4) is 11.3 Å². The molecule has 0 atom stereocenters. The molecule has 4 aromatic rings. The summed E-state index contributed by atoms with van der Waals surface area (Å²) in [7, 11) is 1.99. The Kier molecular flexibility index (Phi) is 3.67. The van der Waals surface area contributed by atoms with Gasteiger partial charge in [-0.2, -0.15) is 0 Å². The molecule has 0 bridgehead atoms. The number of rotatable bonds is 3. The van der Waals surface area contributed by atoms with E-state index in [4.69, 9.17) is 7.16 Å². The van der Waals surface area contributed by atoms with Crippen LogP contribution < -0.4 is 4.57 Å². The predicted octanol–water partition coefficient (Wildman–Crippen LogP) is 5.82. The lowest BCUT2D eigenvalue weighted by Gasteiger charge is -2.13. The highest BCUT2D eigenvalue weighted by atomic mass is 16.3. The molecule has 1 aromatic carbocycles. The molecule has 1 saturated carbocycles. The van der Waals surface area contributed by atoms with Crippen molar-refractivity contribution in [1.82, 2.24) is 4.98 Å². The fraction of sp³-hybridized carbons (Fsp3) is 0.360. The molecule has 0 radical (unpaired) electrons. The van der Waals surface area contributed by atoms with E-state index in [1.807, 2.05) is 42.9 Å². The average Bonchev–Trinajstić information content (AvgIpc) is 3.36. The summed E-state index contributed by atoms with van der Waals surface area (Å²) in [4.78, 5) is 4.59. The molecule has 0 spiro atoms. The monoisotopic (exact) mass is 373 g/mol. The van der Waals surface area contributed by atoms with Crippen molar-refractivity contribution in [2.45, 2.75) is 45.9 Å². The third kappa shape index (κ3) is 2.81. The van der Waals surface area contributed by atoms with Crippen molar-refractivity contribution in [2.75, 3.05) is 0 Å². The number of aryl methyl sites for hydroxylation is 3. The van der Waals surface area contributed by atoms with Gasteiger partial charge in [0.05, 0.1) is 5.56 Å². The van der Waals surface area contributed by atoms with Crippen LogP contribution in [0.25, 0.3) is 33.3 Å². The van der Waals surface area contributed by atoms with Gasteiger partial charge in [0.25, 0.3) is 0 Å². The van der Waals surface area contributed by atoms with Gasteiger partial charge in [-0.1, -0.05) is 37.8 Å². The second-order valence-corrected chi connectivity index (χ2v) is 8.05. The lowest BCUT2D eigenvalue weighted by molar-refractivity contribution is -0.660. The molecule has 0 unspecified atom stereocenters. The number of nitrogens with zero attached hydrogens (tertiary/aromatic N) is 2. The van der Waals surface area contributed by atoms with E-state index in [-0.39, 0.29) is 5.92 Å². The smallest absolute Gasteiger partial charge is 0.227 e. The molecule has 0 aliphatic heterocycles. The molecule has 142 valence electrons. The van der Waals surface area contributed by atoms with Gasteiger partial charge >= 0.3 is 0 Å². The number of furan rings is 1. The molecule has 3 heteroatoms. The zero-order valence-corrected chi connectivity index (χ0v) is 16.7. The van der Waals surface area contributed by atoms with E-state index in [2.05, 4.69) is 30.1 Å². The Labute approximate surface area is 168 Å². The van der Waals surface area contributed by atoms with Gasteiger partial charge in [0.1, 0.15) is 7.05 Å². The minimum Gasteiger partial charge on any atom is -0.437 e. The summed E-state index contributed by atoms with van der Waals surface area (Å²) in [6, 6.07) is 12.2. The molecule has 5 rings (SSSR count). The minimum absolute atomic E-state index is 0.0538. The summed E-state index contributed by atoms with van der Waals surface area (Å²) in [6.45, 7) is 4.03. The van der Waals surface area contributed by atoms with Crippen molar-refractivity contribution in [2.24, 2.45) is 13.0 Å². The van der Waals surface area contributed by atoms with Gasteiger partial charge < -0.3 is 4.42 Å². The average molecular weight is 374 g/mol. The highest BCUT2D eigenvalue weighted by Gasteiger charge is 2.26. The van der Waals surface area contributed by atoms with Crippen LogP contribution in [0.4, 0.5) is 0 Å². The maximum atomic E-state index is 9.08. The van der Waals surface area contributed by atoms with Crippen molar-refractivity contribution in [1.29, 1.82) is 0 Å². The lowest BCUT2D eigenvalue weighted by atomic mass is 9.92. The Morgan fingerprint density at radius 3 is 2.71 bits per heavy atom. The normalized spacial score (nSPS) is 16.7. The van der Waals surface area contributed by atoms with Crippen LogP contribution in [0.3, 0.4) is 0 Å². The Bertz CT molecular complexity index is 1270. The summed E-state index contributed by atoms with van der Waals surface area (Å²) in [5, 5.41) is 2.02. The Morgan fingerprint density at radius 2 is 1.89 bits per heavy atom. The van der Waals surface area contributed by atoms with Crippen LogP contribution in [-0.2, 0) is 13.4 Å². The van der Waals surface area contributed by atoms with E-state index in [0.29, 0.717) is 5.71 Å². The predicted molar refractivity (Wildman–Crippen MR) is 113 cm³/mol. The fourth-order valence-electron chi connectivity index (χ4n) is 4.54. The number of benzene rings is 1. The molecular formula is C25H27N2O+. The molecule has 1 aliphatic rings. The van der Waals surface area contributed by atoms with Crippen LogP contribution in [-0.4, -0.2) is 4.98 Å². The molecule has 3 nitrogen and oxygen atoms in total. The minimum atomic E-state index is -1.39. The molecule has 3 aromatic heterocycles. The molecule has 0 amide bonds. The third-order valence-electron chi connectivity index (χ3n) is 5.99. The third-order valence-corrected chi connectivity index (χ3v) is 5.99. The number of aromatic nitrogens is 2. The highest BCUT2D eigenvalue weighted by molar-refractivity contribution is 6.08. The number of pyridine rings is 2. The summed E-state index contributed by atoms with van der Waals surface area (Å²) in [5.74, 6) is 0.0538. The summed E-state index contributed by atoms with van der Waals surface area (Å²) < 4.78 is 26.5. The topological polar surface area (TPSA) is 29.9 Å². The van der Waals surface area contributed by atoms with Crippen molar-refractivity contribution < 1.29 is 11.7 Å². The molecule has 0 saturated heterocycles. The Hall–Kier alpha value is -2.68. The zero-order valence-electron chi connectivity index (χ0n) is 18.7. The standard InChI is InChI=1S/C25H27N2O/c1-16-10-12-20-21-13-11-17(2)26-25(21)28-24(20)22(16)23-19(9-6-14-27(23)3)15-18-7-4-5-8-18/h6,9-14,18H,4-5,7-8,15H2,1-3H3/q+1/i15D2. The molecule has 3 heterocycles. The van der Waals surface area contributed by atoms with Crippen molar-refractivity contribution >= 4 is 22.1 Å². The van der Waals surface area contributed by atoms with Crippen LogP contribution in [0, 0.1) is 19.8 Å². The second-order valence-electron chi connectivity index (χ2n) is 8.05. The maximum absolute atomic E-state index is 9.08. The van der Waals surface area contributed by atoms with E-state index in [0.717, 1.165) is 70.1 Å². The van der Waals surface area contributed by atoms with Gasteiger partial charge in [0.2, 0.25) is 11.4 Å². The Balaban J connectivity index is 1.83. The maximum Gasteiger partial charge on any atom is 0.227 e. The van der Waals surface area contributed by atoms with Crippen molar-refractivity contribution in [3.05, 3.63) is 59.4 Å². The highest BCUT2D eigenvalue weighted by Crippen LogP contribution is 2.38. The molecule has 28 heavy (non-hydrogen) atoms. The molecular weight excluding hydrogens is 344 g/mol. The van der Waals surface area contributed by atoms with Crippen LogP contribution in [0.5, 0.6) is 0 Å². The quantitative estimate of drug-likeness (QED) is 0.423. The van der Waals surface area contributed by atoms with Crippen molar-refractivity contribution in [3.63, 3.8) is 0 Å². The SMILES string of the molecule is [2H]C([2H])(c1ccc[n+](C)c1-c1c(C)ccc2c1oc1nc(C)ccc12)C1CCCC1. The van der Waals surface area contributed by atoms with Crippen LogP contribution in [0.2, 0.25) is 0 Å². The number of hydrogen-bond acceptors (Lipinski definition) is 2. The van der Waals surface area contributed by atoms with Gasteiger partial charge in [-0.3, -0.25) is 0 Å². The molecule has 1 aliphatic carbocycles. The molecule has 1 fully saturated rings. The largest absolute Gasteiger partial charge is 0.437 e. The van der Waals surface area contributed by atoms with E-state index in [1.165, 1.54) is 0 Å². The lowest BCUT2D eigenvalue weighted by Crippen LogP contribution is -2.32. The van der Waals surface area contributed by atoms with E-state index >= 15 is 0 Å². The summed E-state index contributed by atoms with van der Waals surface area (Å²) in [6.07, 6.45) is 4.72. The number of fused-ring (bicyclic) bond motifs is 3. The fourth-order valence-corrected chi connectivity index (χ4v) is 4.54. The van der Waals surface area contributed by atoms with Gasteiger partial charge in [0, 0.05) is 30.8 Å². The number of hydrogen-bond donors (Lipinski definition) is 0. The van der Waals surface area contributed by atoms with Gasteiger partial charge in [0.15, 0.2) is 11.8 Å². The van der Waals surface area contributed by atoms with E-state index in [1.54, 1.807) is 0 Å². The second kappa shape index (κ2) is 6.73. The summed E-state index contributed by atoms with van der Waals surface area (Å²) in [5.41, 5.74) is 6.02. The van der Waals surface area contributed by atoms with Crippen LogP contribution >= 0.6 is 0 Å². The first-order valence-electron chi connectivity index (χ1n) is 11.2. The zero-order chi connectivity index (χ0) is 21.0. The van der Waals surface area contributed by atoms with E-state index < -0.39 is 6.37 Å². The first-order valence-corrected chi connectivity index (χ1v) is 10.2. The Morgan fingerprint density at radius 1 is 1.11 bits per heavy atom. The van der Waals surface area contributed by atoms with Gasteiger partial charge in [-0.25, -0.2) is 9.55 Å². The first kappa shape index (κ1) is 15.3. The molecule has 0 N–H and O–H groups in total. The first-order chi connectivity index (χ1) is 14.4. The van der Waals surface area contributed by atoms with Gasteiger partial charge in [-0.15, -0.1) is 0 Å². The van der Waals surface area contributed by atoms with E-state index in [9.17, 15) is 0 Å². The summed E-state index contributed by atoms with van der Waals surface area (Å²) >= 11 is 0.